The number of hydrogen-bond donors (Lipinski definition) is 2. The lowest BCUT2D eigenvalue weighted by molar-refractivity contribution is -0.163. The molecule has 168 valence electrons. The van der Waals surface area contributed by atoms with Gasteiger partial charge in [-0.1, -0.05) is 41.5 Å². The van der Waals surface area contributed by atoms with Crippen LogP contribution in [0, 0.1) is 40.9 Å². The molecule has 0 bridgehead atoms. The summed E-state index contributed by atoms with van der Waals surface area (Å²) in [4.78, 5) is 25.7. The third kappa shape index (κ3) is 5.46. The largest absolute Gasteiger partial charge is 0.461 e. The molecule has 0 aromatic carbocycles. The third-order valence-electron chi connectivity index (χ3n) is 7.45. The number of methoxy groups -OCH3 is 1. The predicted molar refractivity (Wildman–Crippen MR) is 114 cm³/mol. The number of Topliss-reactive ketones (excluding diaryl/α,β-unsaturated/α-hetero) is 1. The van der Waals surface area contributed by atoms with Crippen LogP contribution in [0.2, 0.25) is 0 Å². The molecule has 1 aliphatic heterocycles. The first-order chi connectivity index (χ1) is 13.3. The lowest BCUT2D eigenvalue weighted by Crippen LogP contribution is -2.47. The van der Waals surface area contributed by atoms with Crippen molar-refractivity contribution in [1.29, 1.82) is 5.41 Å². The summed E-state index contributed by atoms with van der Waals surface area (Å²) in [5.41, 5.74) is -0.193. The second-order valence-corrected chi connectivity index (χ2v) is 9.30. The van der Waals surface area contributed by atoms with Crippen LogP contribution in [0.1, 0.15) is 68.2 Å². The third-order valence-corrected chi connectivity index (χ3v) is 7.45. The van der Waals surface area contributed by atoms with Gasteiger partial charge in [0.05, 0.1) is 11.7 Å². The number of carbonyl (C=O) groups is 2. The van der Waals surface area contributed by atoms with Gasteiger partial charge in [-0.3, -0.25) is 9.59 Å². The fourth-order valence-corrected chi connectivity index (χ4v) is 4.58. The van der Waals surface area contributed by atoms with E-state index < -0.39 is 35.6 Å². The molecule has 0 aromatic rings. The highest BCUT2D eigenvalue weighted by Gasteiger charge is 2.43. The van der Waals surface area contributed by atoms with Gasteiger partial charge < -0.3 is 20.0 Å². The number of carbonyl (C=O) groups excluding carboxylic acids is 2. The molecule has 1 saturated heterocycles. The smallest absolute Gasteiger partial charge is 0.316 e. The van der Waals surface area contributed by atoms with Crippen molar-refractivity contribution in [3.05, 3.63) is 0 Å². The number of aliphatic hydroxyl groups is 1. The maximum absolute atomic E-state index is 13.0. The first kappa shape index (κ1) is 25.8. The van der Waals surface area contributed by atoms with E-state index in [1.165, 1.54) is 0 Å². The molecular weight excluding hydrogens is 370 g/mol. The summed E-state index contributed by atoms with van der Waals surface area (Å²) in [6, 6.07) is 0. The Bertz CT molecular complexity index is 606. The van der Waals surface area contributed by atoms with Crippen LogP contribution in [0.5, 0.6) is 0 Å². The van der Waals surface area contributed by atoms with Crippen LogP contribution in [-0.4, -0.2) is 47.5 Å². The zero-order valence-electron chi connectivity index (χ0n) is 19.6. The SMILES string of the molecule is CC[C@H]1OC(=O)[C@H](C)C(=O)[C@H](C)[C@@H](C)[C@](C)(OC)C[C@@H](C)C(=N)[C@H](C)[C@@H](O)C1C. The molecule has 0 aliphatic carbocycles. The summed E-state index contributed by atoms with van der Waals surface area (Å²) in [5, 5.41) is 19.6. The Labute approximate surface area is 176 Å². The molecule has 0 radical (unpaired) electrons. The van der Waals surface area contributed by atoms with Crippen molar-refractivity contribution in [1.82, 2.24) is 0 Å². The van der Waals surface area contributed by atoms with Gasteiger partial charge in [-0.05, 0) is 38.5 Å². The summed E-state index contributed by atoms with van der Waals surface area (Å²) in [6.45, 7) is 14.9. The molecule has 0 saturated carbocycles. The molecule has 29 heavy (non-hydrogen) atoms. The van der Waals surface area contributed by atoms with Gasteiger partial charge in [0.25, 0.3) is 0 Å². The summed E-state index contributed by atoms with van der Waals surface area (Å²) in [6.07, 6.45) is -0.225. The maximum atomic E-state index is 13.0. The van der Waals surface area contributed by atoms with E-state index in [2.05, 4.69) is 0 Å². The minimum absolute atomic E-state index is 0.121. The van der Waals surface area contributed by atoms with Crippen molar-refractivity contribution in [2.75, 3.05) is 7.11 Å². The van der Waals surface area contributed by atoms with Gasteiger partial charge in [0.2, 0.25) is 0 Å². The van der Waals surface area contributed by atoms with Gasteiger partial charge in [-0.15, -0.1) is 0 Å². The van der Waals surface area contributed by atoms with Crippen molar-refractivity contribution in [3.8, 4) is 0 Å². The fourth-order valence-electron chi connectivity index (χ4n) is 4.58. The van der Waals surface area contributed by atoms with E-state index in [0.29, 0.717) is 18.6 Å². The first-order valence-electron chi connectivity index (χ1n) is 10.9. The average Bonchev–Trinajstić information content (AvgIpc) is 2.71. The number of nitrogens with one attached hydrogen (secondary N) is 1. The second kappa shape index (κ2) is 10.2. The van der Waals surface area contributed by atoms with Crippen LogP contribution in [-0.2, 0) is 19.1 Å². The number of aliphatic hydroxyl groups excluding tert-OH is 1. The standard InChI is InChI=1S/C23H41NO5/c1-10-18-14(4)21(26)15(5)19(24)12(2)11-23(8,28-9)17(7)13(3)20(25)16(6)22(27)29-18/h12-18,21,24,26H,10-11H2,1-9H3/t12-,13-,14?,15+,16-,17-,18-,21+,23-/m1/s1. The van der Waals surface area contributed by atoms with Crippen LogP contribution >= 0.6 is 0 Å². The number of cyclic esters (lactones) is 1. The Morgan fingerprint density at radius 1 is 1.14 bits per heavy atom. The Hall–Kier alpha value is -1.27. The average molecular weight is 412 g/mol. The molecule has 1 heterocycles. The highest BCUT2D eigenvalue weighted by Crippen LogP contribution is 2.37. The topological polar surface area (TPSA) is 96.7 Å². The van der Waals surface area contributed by atoms with Gasteiger partial charge in [0.15, 0.2) is 0 Å². The zero-order chi connectivity index (χ0) is 22.7. The van der Waals surface area contributed by atoms with Crippen molar-refractivity contribution >= 4 is 17.5 Å². The van der Waals surface area contributed by atoms with Gasteiger partial charge in [-0.25, -0.2) is 0 Å². The molecule has 0 aromatic heterocycles. The van der Waals surface area contributed by atoms with E-state index in [1.54, 1.807) is 14.0 Å². The van der Waals surface area contributed by atoms with Crippen molar-refractivity contribution in [3.63, 3.8) is 0 Å². The molecule has 1 fully saturated rings. The molecule has 6 nitrogen and oxygen atoms in total. The van der Waals surface area contributed by atoms with Crippen LogP contribution in [0.25, 0.3) is 0 Å². The van der Waals surface area contributed by atoms with Crippen LogP contribution in [0.3, 0.4) is 0 Å². The quantitative estimate of drug-likeness (QED) is 0.531. The summed E-state index contributed by atoms with van der Waals surface area (Å²) in [7, 11) is 1.62. The van der Waals surface area contributed by atoms with Crippen LogP contribution < -0.4 is 0 Å². The van der Waals surface area contributed by atoms with Crippen molar-refractivity contribution in [2.24, 2.45) is 35.5 Å². The van der Waals surface area contributed by atoms with E-state index in [-0.39, 0.29) is 29.5 Å². The molecule has 2 N–H and O–H groups in total. The monoisotopic (exact) mass is 411 g/mol. The maximum Gasteiger partial charge on any atom is 0.316 e. The normalized spacial score (nSPS) is 43.6. The van der Waals surface area contributed by atoms with Crippen molar-refractivity contribution < 1.29 is 24.2 Å². The Morgan fingerprint density at radius 3 is 2.17 bits per heavy atom. The predicted octanol–water partition coefficient (Wildman–Crippen LogP) is 3.88. The number of ether oxygens (including phenoxy) is 2. The summed E-state index contributed by atoms with van der Waals surface area (Å²) in [5.74, 6) is -2.98. The highest BCUT2D eigenvalue weighted by molar-refractivity contribution is 5.99. The molecule has 1 aliphatic rings. The fraction of sp³-hybridized carbons (Fsp3) is 0.870. The highest BCUT2D eigenvalue weighted by atomic mass is 16.5. The minimum atomic E-state index is -0.872. The van der Waals surface area contributed by atoms with Crippen molar-refractivity contribution in [2.45, 2.75) is 86.0 Å². The second-order valence-electron chi connectivity index (χ2n) is 9.30. The van der Waals surface area contributed by atoms with E-state index in [0.717, 1.165) is 0 Å². The number of rotatable bonds is 2. The van der Waals surface area contributed by atoms with Gasteiger partial charge in [0, 0.05) is 30.6 Å². The van der Waals surface area contributed by atoms with Crippen LogP contribution in [0.4, 0.5) is 0 Å². The molecular formula is C23H41NO5. The Kier molecular flexibility index (Phi) is 9.03. The van der Waals surface area contributed by atoms with Crippen LogP contribution in [0.15, 0.2) is 0 Å². The molecule has 9 atom stereocenters. The van der Waals surface area contributed by atoms with Gasteiger partial charge >= 0.3 is 5.97 Å². The lowest BCUT2D eigenvalue weighted by atomic mass is 9.71. The Balaban J connectivity index is 3.40. The number of ketones is 1. The first-order valence-corrected chi connectivity index (χ1v) is 10.9. The van der Waals surface area contributed by atoms with E-state index >= 15 is 0 Å². The summed E-state index contributed by atoms with van der Waals surface area (Å²) < 4.78 is 11.5. The molecule has 1 unspecified atom stereocenters. The van der Waals surface area contributed by atoms with E-state index in [1.807, 2.05) is 48.5 Å². The molecule has 1 rings (SSSR count). The minimum Gasteiger partial charge on any atom is -0.461 e. The van der Waals surface area contributed by atoms with Gasteiger partial charge in [-0.2, -0.15) is 0 Å². The number of hydrogen-bond acceptors (Lipinski definition) is 6. The van der Waals surface area contributed by atoms with E-state index in [9.17, 15) is 14.7 Å². The number of esters is 1. The molecule has 0 spiro atoms. The zero-order valence-corrected chi connectivity index (χ0v) is 19.6. The summed E-state index contributed by atoms with van der Waals surface area (Å²) >= 11 is 0. The molecule has 0 amide bonds. The van der Waals surface area contributed by atoms with Gasteiger partial charge in [0.1, 0.15) is 17.8 Å². The molecule has 6 heteroatoms. The lowest BCUT2D eigenvalue weighted by Gasteiger charge is -2.41. The Morgan fingerprint density at radius 2 is 1.69 bits per heavy atom. The van der Waals surface area contributed by atoms with E-state index in [4.69, 9.17) is 14.9 Å².